The second-order valence-corrected chi connectivity index (χ2v) is 3.00. The van der Waals surface area contributed by atoms with E-state index in [-0.39, 0.29) is 0 Å². The Hall–Kier alpha value is -1.44. The van der Waals surface area contributed by atoms with Gasteiger partial charge in [0.2, 0.25) is 0 Å². The molecule has 2 heteroatoms. The van der Waals surface area contributed by atoms with Gasteiger partial charge in [-0.1, -0.05) is 6.07 Å². The van der Waals surface area contributed by atoms with Crippen molar-refractivity contribution in [1.82, 2.24) is 9.97 Å². The molecule has 1 aromatic heterocycles. The standard InChI is InChI=1S/C10H10N2/c1-7-3-4-9-10(5-7)11-6-8(2)12-9/h3-6H,1-2H3. The van der Waals surface area contributed by atoms with Gasteiger partial charge in [0, 0.05) is 6.20 Å². The van der Waals surface area contributed by atoms with E-state index >= 15 is 0 Å². The van der Waals surface area contributed by atoms with Crippen LogP contribution in [0.5, 0.6) is 0 Å². The van der Waals surface area contributed by atoms with E-state index in [0.29, 0.717) is 0 Å². The lowest BCUT2D eigenvalue weighted by atomic mass is 10.2. The van der Waals surface area contributed by atoms with E-state index in [2.05, 4.69) is 23.0 Å². The summed E-state index contributed by atoms with van der Waals surface area (Å²) in [5.41, 5.74) is 4.13. The highest BCUT2D eigenvalue weighted by Gasteiger charge is 1.95. The summed E-state index contributed by atoms with van der Waals surface area (Å²) in [4.78, 5) is 8.63. The maximum absolute atomic E-state index is 4.35. The molecule has 1 aromatic carbocycles. The van der Waals surface area contributed by atoms with E-state index in [9.17, 15) is 0 Å². The van der Waals surface area contributed by atoms with Gasteiger partial charge in [0.05, 0.1) is 16.7 Å². The first-order valence-corrected chi connectivity index (χ1v) is 3.96. The number of benzene rings is 1. The molecule has 0 saturated heterocycles. The predicted octanol–water partition coefficient (Wildman–Crippen LogP) is 2.25. The predicted molar refractivity (Wildman–Crippen MR) is 49.0 cm³/mol. The summed E-state index contributed by atoms with van der Waals surface area (Å²) in [5.74, 6) is 0. The first kappa shape index (κ1) is 7.22. The first-order valence-electron chi connectivity index (χ1n) is 3.96. The number of hydrogen-bond donors (Lipinski definition) is 0. The van der Waals surface area contributed by atoms with Crippen LogP contribution in [0.15, 0.2) is 24.4 Å². The van der Waals surface area contributed by atoms with Crippen LogP contribution in [-0.4, -0.2) is 9.97 Å². The second kappa shape index (κ2) is 2.55. The minimum Gasteiger partial charge on any atom is -0.253 e. The molecule has 2 nitrogen and oxygen atoms in total. The average Bonchev–Trinajstić information content (AvgIpc) is 2.05. The van der Waals surface area contributed by atoms with Crippen molar-refractivity contribution in [1.29, 1.82) is 0 Å². The van der Waals surface area contributed by atoms with Gasteiger partial charge in [-0.05, 0) is 31.5 Å². The molecular formula is C10H10N2. The van der Waals surface area contributed by atoms with Crippen LogP contribution < -0.4 is 0 Å². The Morgan fingerprint density at radius 1 is 1.08 bits per heavy atom. The van der Waals surface area contributed by atoms with Gasteiger partial charge in [-0.2, -0.15) is 0 Å². The monoisotopic (exact) mass is 158 g/mol. The van der Waals surface area contributed by atoms with Gasteiger partial charge in [0.25, 0.3) is 0 Å². The molecule has 0 aliphatic heterocycles. The van der Waals surface area contributed by atoms with Crippen LogP contribution in [0.2, 0.25) is 0 Å². The molecule has 60 valence electrons. The third-order valence-corrected chi connectivity index (χ3v) is 1.82. The van der Waals surface area contributed by atoms with Gasteiger partial charge in [-0.3, -0.25) is 4.98 Å². The molecule has 0 unspecified atom stereocenters. The number of fused-ring (bicyclic) bond motifs is 1. The maximum Gasteiger partial charge on any atom is 0.0890 e. The minimum absolute atomic E-state index is 0.964. The zero-order valence-electron chi connectivity index (χ0n) is 7.20. The number of rotatable bonds is 0. The SMILES string of the molecule is Cc1ccc2nc(C)cnc2c1. The largest absolute Gasteiger partial charge is 0.253 e. The van der Waals surface area contributed by atoms with E-state index < -0.39 is 0 Å². The molecule has 0 spiro atoms. The highest BCUT2D eigenvalue weighted by atomic mass is 14.8. The molecule has 0 saturated carbocycles. The van der Waals surface area contributed by atoms with E-state index in [4.69, 9.17) is 0 Å². The Morgan fingerprint density at radius 2 is 1.92 bits per heavy atom. The third kappa shape index (κ3) is 1.16. The Balaban J connectivity index is 2.79. The Labute approximate surface area is 71.3 Å². The number of hydrogen-bond acceptors (Lipinski definition) is 2. The van der Waals surface area contributed by atoms with Crippen molar-refractivity contribution in [3.63, 3.8) is 0 Å². The number of aryl methyl sites for hydroxylation is 2. The van der Waals surface area contributed by atoms with E-state index in [1.165, 1.54) is 5.56 Å². The van der Waals surface area contributed by atoms with Crippen molar-refractivity contribution >= 4 is 11.0 Å². The van der Waals surface area contributed by atoms with Crippen molar-refractivity contribution in [3.05, 3.63) is 35.7 Å². The van der Waals surface area contributed by atoms with E-state index in [1.807, 2.05) is 19.1 Å². The fraction of sp³-hybridized carbons (Fsp3) is 0.200. The van der Waals surface area contributed by atoms with Crippen LogP contribution in [0, 0.1) is 13.8 Å². The molecule has 0 radical (unpaired) electrons. The van der Waals surface area contributed by atoms with Crippen molar-refractivity contribution in [2.45, 2.75) is 13.8 Å². The van der Waals surface area contributed by atoms with Gasteiger partial charge in [-0.25, -0.2) is 4.98 Å². The van der Waals surface area contributed by atoms with E-state index in [0.717, 1.165) is 16.7 Å². The van der Waals surface area contributed by atoms with Gasteiger partial charge in [0.15, 0.2) is 0 Å². The molecule has 2 aromatic rings. The fourth-order valence-electron chi connectivity index (χ4n) is 1.21. The number of aromatic nitrogens is 2. The van der Waals surface area contributed by atoms with Crippen LogP contribution in [0.1, 0.15) is 11.3 Å². The van der Waals surface area contributed by atoms with Crippen molar-refractivity contribution in [2.75, 3.05) is 0 Å². The molecule has 0 amide bonds. The van der Waals surface area contributed by atoms with Gasteiger partial charge < -0.3 is 0 Å². The Kier molecular flexibility index (Phi) is 1.54. The summed E-state index contributed by atoms with van der Waals surface area (Å²) in [6.07, 6.45) is 1.79. The smallest absolute Gasteiger partial charge is 0.0890 e. The average molecular weight is 158 g/mol. The topological polar surface area (TPSA) is 25.8 Å². The van der Waals surface area contributed by atoms with Crippen LogP contribution in [0.3, 0.4) is 0 Å². The van der Waals surface area contributed by atoms with Crippen molar-refractivity contribution in [3.8, 4) is 0 Å². The summed E-state index contributed by atoms with van der Waals surface area (Å²) < 4.78 is 0. The molecule has 0 atom stereocenters. The molecule has 0 aliphatic carbocycles. The highest BCUT2D eigenvalue weighted by Crippen LogP contribution is 2.10. The van der Waals surface area contributed by atoms with Crippen molar-refractivity contribution in [2.24, 2.45) is 0 Å². The van der Waals surface area contributed by atoms with E-state index in [1.54, 1.807) is 6.20 Å². The first-order chi connectivity index (χ1) is 5.75. The number of nitrogens with zero attached hydrogens (tertiary/aromatic N) is 2. The highest BCUT2D eigenvalue weighted by molar-refractivity contribution is 5.74. The molecule has 2 rings (SSSR count). The molecule has 1 heterocycles. The lowest BCUT2D eigenvalue weighted by molar-refractivity contribution is 1.18. The normalized spacial score (nSPS) is 10.5. The zero-order valence-corrected chi connectivity index (χ0v) is 7.20. The van der Waals surface area contributed by atoms with Crippen LogP contribution in [0.25, 0.3) is 11.0 Å². The zero-order chi connectivity index (χ0) is 8.55. The lowest BCUT2D eigenvalue weighted by Crippen LogP contribution is -1.86. The molecule has 0 N–H and O–H groups in total. The Bertz CT molecular complexity index is 380. The molecule has 0 bridgehead atoms. The van der Waals surface area contributed by atoms with Crippen LogP contribution in [-0.2, 0) is 0 Å². The summed E-state index contributed by atoms with van der Waals surface area (Å²) in [7, 11) is 0. The summed E-state index contributed by atoms with van der Waals surface area (Å²) in [6, 6.07) is 6.10. The van der Waals surface area contributed by atoms with Gasteiger partial charge in [0.1, 0.15) is 0 Å². The molecule has 12 heavy (non-hydrogen) atoms. The van der Waals surface area contributed by atoms with Crippen molar-refractivity contribution < 1.29 is 0 Å². The van der Waals surface area contributed by atoms with Gasteiger partial charge >= 0.3 is 0 Å². The minimum atomic E-state index is 0.964. The third-order valence-electron chi connectivity index (χ3n) is 1.82. The lowest BCUT2D eigenvalue weighted by Gasteiger charge is -1.98. The van der Waals surface area contributed by atoms with Crippen LogP contribution in [0.4, 0.5) is 0 Å². The Morgan fingerprint density at radius 3 is 2.75 bits per heavy atom. The fourth-order valence-corrected chi connectivity index (χ4v) is 1.21. The summed E-state index contributed by atoms with van der Waals surface area (Å²) in [5, 5.41) is 0. The van der Waals surface area contributed by atoms with Gasteiger partial charge in [-0.15, -0.1) is 0 Å². The summed E-state index contributed by atoms with van der Waals surface area (Å²) >= 11 is 0. The summed E-state index contributed by atoms with van der Waals surface area (Å²) in [6.45, 7) is 4.01. The second-order valence-electron chi connectivity index (χ2n) is 3.00. The van der Waals surface area contributed by atoms with Crippen LogP contribution >= 0.6 is 0 Å². The molecule has 0 aliphatic rings. The maximum atomic E-state index is 4.35. The quantitative estimate of drug-likeness (QED) is 0.587. The molecule has 0 fully saturated rings. The molecular weight excluding hydrogens is 148 g/mol.